The van der Waals surface area contributed by atoms with Crippen LogP contribution < -0.4 is 5.32 Å². The molecule has 2 N–H and O–H groups in total. The number of aromatic nitrogens is 1. The van der Waals surface area contributed by atoms with Gasteiger partial charge < -0.3 is 10.4 Å². The van der Waals surface area contributed by atoms with Crippen LogP contribution in [0.5, 0.6) is 0 Å². The SMILES string of the molecule is C=CCSCCNc1nc(Cl)ccc1C(=O)O. The van der Waals surface area contributed by atoms with Crippen molar-refractivity contribution in [3.8, 4) is 0 Å². The summed E-state index contributed by atoms with van der Waals surface area (Å²) in [5.74, 6) is 1.01. The Balaban J connectivity index is 2.59. The van der Waals surface area contributed by atoms with Crippen LogP contribution in [0.3, 0.4) is 0 Å². The van der Waals surface area contributed by atoms with Crippen molar-refractivity contribution < 1.29 is 9.90 Å². The molecule has 1 heterocycles. The van der Waals surface area contributed by atoms with Gasteiger partial charge in [0.2, 0.25) is 0 Å². The molecule has 0 aliphatic carbocycles. The lowest BCUT2D eigenvalue weighted by atomic mass is 10.2. The maximum Gasteiger partial charge on any atom is 0.339 e. The van der Waals surface area contributed by atoms with Crippen molar-refractivity contribution in [1.29, 1.82) is 0 Å². The summed E-state index contributed by atoms with van der Waals surface area (Å²) in [6.07, 6.45) is 1.82. The van der Waals surface area contributed by atoms with Crippen LogP contribution in [0.15, 0.2) is 24.8 Å². The minimum atomic E-state index is -1.02. The minimum Gasteiger partial charge on any atom is -0.478 e. The normalized spacial score (nSPS) is 9.94. The van der Waals surface area contributed by atoms with Gasteiger partial charge in [0.05, 0.1) is 0 Å². The monoisotopic (exact) mass is 272 g/mol. The zero-order valence-corrected chi connectivity index (χ0v) is 10.7. The Bertz CT molecular complexity index is 412. The highest BCUT2D eigenvalue weighted by Crippen LogP contribution is 2.16. The van der Waals surface area contributed by atoms with Crippen molar-refractivity contribution in [3.63, 3.8) is 0 Å². The topological polar surface area (TPSA) is 62.2 Å². The molecular weight excluding hydrogens is 260 g/mol. The molecule has 1 aromatic rings. The molecule has 0 aliphatic heterocycles. The average Bonchev–Trinajstić information content (AvgIpc) is 2.28. The average molecular weight is 273 g/mol. The van der Waals surface area contributed by atoms with Crippen LogP contribution in [-0.4, -0.2) is 34.1 Å². The third kappa shape index (κ3) is 4.66. The number of pyridine rings is 1. The van der Waals surface area contributed by atoms with Crippen molar-refractivity contribution in [2.24, 2.45) is 0 Å². The first-order valence-electron chi connectivity index (χ1n) is 4.97. The molecule has 6 heteroatoms. The van der Waals surface area contributed by atoms with Crippen LogP contribution in [0, 0.1) is 0 Å². The molecule has 4 nitrogen and oxygen atoms in total. The van der Waals surface area contributed by atoms with Crippen LogP contribution in [0.1, 0.15) is 10.4 Å². The Morgan fingerprint density at radius 1 is 1.65 bits per heavy atom. The van der Waals surface area contributed by atoms with E-state index in [1.54, 1.807) is 11.8 Å². The van der Waals surface area contributed by atoms with Gasteiger partial charge in [-0.15, -0.1) is 6.58 Å². The number of aromatic carboxylic acids is 1. The van der Waals surface area contributed by atoms with E-state index >= 15 is 0 Å². The first-order valence-corrected chi connectivity index (χ1v) is 6.50. The molecule has 0 bridgehead atoms. The van der Waals surface area contributed by atoms with Gasteiger partial charge in [-0.2, -0.15) is 11.8 Å². The number of carboxylic acids is 1. The van der Waals surface area contributed by atoms with Gasteiger partial charge in [-0.05, 0) is 12.1 Å². The number of thioether (sulfide) groups is 1. The van der Waals surface area contributed by atoms with Gasteiger partial charge in [0, 0.05) is 18.1 Å². The summed E-state index contributed by atoms with van der Waals surface area (Å²) < 4.78 is 0. The lowest BCUT2D eigenvalue weighted by molar-refractivity contribution is 0.0697. The maximum absolute atomic E-state index is 10.9. The van der Waals surface area contributed by atoms with Crippen molar-refractivity contribution >= 4 is 35.1 Å². The van der Waals surface area contributed by atoms with Gasteiger partial charge in [-0.25, -0.2) is 9.78 Å². The molecule has 0 radical (unpaired) electrons. The number of carboxylic acid groups (broad SMARTS) is 1. The first-order chi connectivity index (χ1) is 8.15. The fraction of sp³-hybridized carbons (Fsp3) is 0.273. The fourth-order valence-corrected chi connectivity index (χ4v) is 1.88. The zero-order valence-electron chi connectivity index (χ0n) is 9.15. The van der Waals surface area contributed by atoms with Crippen molar-refractivity contribution in [1.82, 2.24) is 4.98 Å². The minimum absolute atomic E-state index is 0.128. The number of nitrogens with zero attached hydrogens (tertiary/aromatic N) is 1. The van der Waals surface area contributed by atoms with Gasteiger partial charge in [-0.3, -0.25) is 0 Å². The number of hydrogen-bond acceptors (Lipinski definition) is 4. The van der Waals surface area contributed by atoms with Crippen LogP contribution >= 0.6 is 23.4 Å². The van der Waals surface area contributed by atoms with Gasteiger partial charge in [0.1, 0.15) is 16.5 Å². The Labute approximate surface area is 109 Å². The maximum atomic E-state index is 10.9. The van der Waals surface area contributed by atoms with E-state index in [2.05, 4.69) is 16.9 Å². The van der Waals surface area contributed by atoms with E-state index < -0.39 is 5.97 Å². The zero-order chi connectivity index (χ0) is 12.7. The summed E-state index contributed by atoms with van der Waals surface area (Å²) in [7, 11) is 0. The Hall–Kier alpha value is -1.20. The molecule has 0 unspecified atom stereocenters. The summed E-state index contributed by atoms with van der Waals surface area (Å²) in [4.78, 5) is 14.9. The summed E-state index contributed by atoms with van der Waals surface area (Å²) in [5.41, 5.74) is 0.128. The molecule has 0 aromatic carbocycles. The van der Waals surface area contributed by atoms with Crippen molar-refractivity contribution in [2.75, 3.05) is 23.4 Å². The molecule has 0 saturated carbocycles. The molecule has 0 atom stereocenters. The second-order valence-corrected chi connectivity index (χ2v) is 4.66. The van der Waals surface area contributed by atoms with Gasteiger partial charge in [0.15, 0.2) is 0 Å². The Morgan fingerprint density at radius 3 is 3.06 bits per heavy atom. The molecule has 0 aliphatic rings. The summed E-state index contributed by atoms with van der Waals surface area (Å²) >= 11 is 7.42. The highest BCUT2D eigenvalue weighted by atomic mass is 35.5. The number of nitrogens with one attached hydrogen (secondary N) is 1. The molecule has 0 fully saturated rings. The van der Waals surface area contributed by atoms with Crippen LogP contribution in [-0.2, 0) is 0 Å². The fourth-order valence-electron chi connectivity index (χ4n) is 1.15. The van der Waals surface area contributed by atoms with E-state index in [0.717, 1.165) is 11.5 Å². The predicted molar refractivity (Wildman–Crippen MR) is 72.2 cm³/mol. The number of rotatable bonds is 7. The van der Waals surface area contributed by atoms with E-state index in [1.807, 2.05) is 6.08 Å². The van der Waals surface area contributed by atoms with Crippen LogP contribution in [0.4, 0.5) is 5.82 Å². The van der Waals surface area contributed by atoms with E-state index in [-0.39, 0.29) is 10.7 Å². The second kappa shape index (κ2) is 7.19. The van der Waals surface area contributed by atoms with Gasteiger partial charge in [0.25, 0.3) is 0 Å². The van der Waals surface area contributed by atoms with Crippen LogP contribution in [0.25, 0.3) is 0 Å². The van der Waals surface area contributed by atoms with E-state index in [4.69, 9.17) is 16.7 Å². The van der Waals surface area contributed by atoms with Crippen molar-refractivity contribution in [2.45, 2.75) is 0 Å². The van der Waals surface area contributed by atoms with Crippen LogP contribution in [0.2, 0.25) is 5.15 Å². The number of hydrogen-bond donors (Lipinski definition) is 2. The highest BCUT2D eigenvalue weighted by molar-refractivity contribution is 7.99. The predicted octanol–water partition coefficient (Wildman–Crippen LogP) is 2.76. The number of anilines is 1. The summed E-state index contributed by atoms with van der Waals surface area (Å²) in [5, 5.41) is 12.2. The number of halogens is 1. The summed E-state index contributed by atoms with van der Waals surface area (Å²) in [6.45, 7) is 4.25. The molecule has 0 spiro atoms. The number of carbonyl (C=O) groups is 1. The molecule has 0 amide bonds. The molecule has 0 saturated heterocycles. The second-order valence-electron chi connectivity index (χ2n) is 3.13. The lowest BCUT2D eigenvalue weighted by Gasteiger charge is -2.08. The molecule has 1 aromatic heterocycles. The van der Waals surface area contributed by atoms with Gasteiger partial charge in [-0.1, -0.05) is 17.7 Å². The molecular formula is C11H13ClN2O2S. The standard InChI is InChI=1S/C11H13ClN2O2S/c1-2-6-17-7-5-13-10-8(11(15)16)3-4-9(12)14-10/h2-4H,1,5-7H2,(H,13,14)(H,15,16). The third-order valence-corrected chi connectivity index (χ3v) is 3.04. The molecule has 1 rings (SSSR count). The quantitative estimate of drug-likeness (QED) is 0.454. The summed E-state index contributed by atoms with van der Waals surface area (Å²) in [6, 6.07) is 2.90. The Kier molecular flexibility index (Phi) is 5.86. The highest BCUT2D eigenvalue weighted by Gasteiger charge is 2.11. The van der Waals surface area contributed by atoms with E-state index in [0.29, 0.717) is 12.4 Å². The molecule has 92 valence electrons. The van der Waals surface area contributed by atoms with E-state index in [1.165, 1.54) is 12.1 Å². The van der Waals surface area contributed by atoms with Gasteiger partial charge >= 0.3 is 5.97 Å². The van der Waals surface area contributed by atoms with E-state index in [9.17, 15) is 4.79 Å². The largest absolute Gasteiger partial charge is 0.478 e. The smallest absolute Gasteiger partial charge is 0.339 e. The van der Waals surface area contributed by atoms with Crippen molar-refractivity contribution in [3.05, 3.63) is 35.5 Å². The third-order valence-electron chi connectivity index (χ3n) is 1.87. The first kappa shape index (κ1) is 13.9. The Morgan fingerprint density at radius 2 is 2.41 bits per heavy atom. The lowest BCUT2D eigenvalue weighted by Crippen LogP contribution is -2.11. The molecule has 17 heavy (non-hydrogen) atoms.